The third-order valence-corrected chi connectivity index (χ3v) is 8.20. The van der Waals surface area contributed by atoms with Crippen molar-refractivity contribution in [3.05, 3.63) is 83.9 Å². The van der Waals surface area contributed by atoms with E-state index in [-0.39, 0.29) is 23.7 Å². The van der Waals surface area contributed by atoms with Crippen molar-refractivity contribution in [2.24, 2.45) is 0 Å². The Bertz CT molecular complexity index is 1770. The van der Waals surface area contributed by atoms with E-state index in [0.717, 1.165) is 57.2 Å². The molecule has 42 heavy (non-hydrogen) atoms. The Labute approximate surface area is 241 Å². The fourth-order valence-electron chi connectivity index (χ4n) is 6.10. The Balaban J connectivity index is 1.30. The molecule has 0 atom stereocenters. The number of carbonyl (C=O) groups excluding carboxylic acids is 2. The molecule has 4 heterocycles. The minimum absolute atomic E-state index is 0.202. The van der Waals surface area contributed by atoms with E-state index in [1.165, 1.54) is 12.1 Å². The summed E-state index contributed by atoms with van der Waals surface area (Å²) in [5, 5.41) is 12.3. The molecule has 0 radical (unpaired) electrons. The lowest BCUT2D eigenvalue weighted by Gasteiger charge is -2.26. The molecule has 2 aliphatic heterocycles. The van der Waals surface area contributed by atoms with Crippen molar-refractivity contribution in [1.29, 1.82) is 0 Å². The molecule has 0 spiro atoms. The minimum atomic E-state index is -0.346. The van der Waals surface area contributed by atoms with Crippen LogP contribution < -0.4 is 5.32 Å². The Kier molecular flexibility index (Phi) is 6.83. The molecule has 2 fully saturated rings. The van der Waals surface area contributed by atoms with Crippen LogP contribution in [-0.2, 0) is 9.47 Å². The molecule has 5 aromatic rings. The second-order valence-corrected chi connectivity index (χ2v) is 10.7. The first-order chi connectivity index (χ1) is 20.6. The molecular formula is C32H30FN5O4. The molecule has 2 N–H and O–H groups in total. The zero-order valence-electron chi connectivity index (χ0n) is 22.9. The van der Waals surface area contributed by atoms with Gasteiger partial charge in [-0.3, -0.25) is 9.89 Å². The number of nitrogens with one attached hydrogen (secondary N) is 2. The molecule has 2 saturated heterocycles. The number of ether oxygens (including phenoxy) is 2. The molecular weight excluding hydrogens is 537 g/mol. The number of aromatic amines is 1. The number of H-pyrrole nitrogens is 1. The maximum atomic E-state index is 14.0. The predicted molar refractivity (Wildman–Crippen MR) is 156 cm³/mol. The molecule has 10 heteroatoms. The maximum Gasteiger partial charge on any atom is 0.409 e. The quantitative estimate of drug-likeness (QED) is 0.275. The van der Waals surface area contributed by atoms with Gasteiger partial charge in [0.1, 0.15) is 12.4 Å². The summed E-state index contributed by atoms with van der Waals surface area (Å²) in [5.74, 6) is -0.260. The molecule has 0 saturated carbocycles. The first-order valence-corrected chi connectivity index (χ1v) is 14.2. The number of nitrogens with zero attached hydrogens (tertiary/aromatic N) is 3. The molecule has 2 amide bonds. The van der Waals surface area contributed by atoms with Crippen LogP contribution in [0, 0.1) is 5.82 Å². The average Bonchev–Trinajstić information content (AvgIpc) is 3.74. The summed E-state index contributed by atoms with van der Waals surface area (Å²) in [4.78, 5) is 26.1. The number of halogens is 1. The highest BCUT2D eigenvalue weighted by Gasteiger charge is 2.28. The van der Waals surface area contributed by atoms with E-state index >= 15 is 0 Å². The van der Waals surface area contributed by atoms with Gasteiger partial charge < -0.3 is 24.3 Å². The first kappa shape index (κ1) is 26.2. The van der Waals surface area contributed by atoms with Crippen molar-refractivity contribution in [2.45, 2.75) is 18.8 Å². The number of benzene rings is 3. The van der Waals surface area contributed by atoms with Gasteiger partial charge in [-0.25, -0.2) is 9.18 Å². The number of hydrogen-bond acceptors (Lipinski definition) is 5. The monoisotopic (exact) mass is 567 g/mol. The number of rotatable bonds is 7. The maximum absolute atomic E-state index is 14.0. The fraction of sp³-hybridized carbons (Fsp3) is 0.281. The third-order valence-electron chi connectivity index (χ3n) is 8.20. The lowest BCUT2D eigenvalue weighted by atomic mass is 9.89. The van der Waals surface area contributed by atoms with Gasteiger partial charge in [-0.15, -0.1) is 0 Å². The first-order valence-electron chi connectivity index (χ1n) is 14.2. The second kappa shape index (κ2) is 10.9. The van der Waals surface area contributed by atoms with Crippen LogP contribution in [0.5, 0.6) is 0 Å². The summed E-state index contributed by atoms with van der Waals surface area (Å²) in [6.45, 7) is 3.02. The van der Waals surface area contributed by atoms with Gasteiger partial charge in [0.15, 0.2) is 0 Å². The second-order valence-electron chi connectivity index (χ2n) is 10.7. The fourth-order valence-corrected chi connectivity index (χ4v) is 6.10. The van der Waals surface area contributed by atoms with E-state index in [2.05, 4.69) is 32.2 Å². The summed E-state index contributed by atoms with van der Waals surface area (Å²) < 4.78 is 26.9. The van der Waals surface area contributed by atoms with Crippen LogP contribution in [0.15, 0.2) is 66.9 Å². The van der Waals surface area contributed by atoms with Crippen LogP contribution >= 0.6 is 0 Å². The lowest BCUT2D eigenvalue weighted by molar-refractivity contribution is 0.0843. The van der Waals surface area contributed by atoms with E-state index < -0.39 is 0 Å². The standard InChI is InChI=1S/C32H30FN5O4/c33-24-5-7-25(8-6-24)38-28-17-23-19-35-36-27(23)18-26(28)29(30(38)21-9-14-41-15-10-21)20-1-3-22(4-2-20)31(39)34-11-12-37-13-16-42-32(37)40/h1-8,17-19,21H,9-16H2,(H,34,39)(H,35,36). The van der Waals surface area contributed by atoms with Crippen LogP contribution in [-0.4, -0.2) is 71.1 Å². The predicted octanol–water partition coefficient (Wildman–Crippen LogP) is 5.39. The van der Waals surface area contributed by atoms with Crippen LogP contribution in [0.25, 0.3) is 38.6 Å². The summed E-state index contributed by atoms with van der Waals surface area (Å²) >= 11 is 0. The van der Waals surface area contributed by atoms with Gasteiger partial charge in [-0.1, -0.05) is 12.1 Å². The van der Waals surface area contributed by atoms with E-state index in [1.807, 2.05) is 42.6 Å². The summed E-state index contributed by atoms with van der Waals surface area (Å²) in [6, 6.07) is 18.5. The van der Waals surface area contributed by atoms with Gasteiger partial charge in [-0.05, 0) is 66.9 Å². The van der Waals surface area contributed by atoms with Gasteiger partial charge in [0.05, 0.1) is 23.8 Å². The number of fused-ring (bicyclic) bond motifs is 2. The van der Waals surface area contributed by atoms with Crippen LogP contribution in [0.3, 0.4) is 0 Å². The molecule has 0 unspecified atom stereocenters. The molecule has 7 rings (SSSR count). The van der Waals surface area contributed by atoms with Crippen molar-refractivity contribution in [2.75, 3.05) is 39.5 Å². The largest absolute Gasteiger partial charge is 0.448 e. The zero-order valence-corrected chi connectivity index (χ0v) is 22.9. The van der Waals surface area contributed by atoms with Crippen molar-refractivity contribution in [3.8, 4) is 16.8 Å². The van der Waals surface area contributed by atoms with Crippen LogP contribution in [0.2, 0.25) is 0 Å². The Morgan fingerprint density at radius 1 is 1.05 bits per heavy atom. The average molecular weight is 568 g/mol. The number of aromatic nitrogens is 3. The van der Waals surface area contributed by atoms with Gasteiger partial charge >= 0.3 is 6.09 Å². The summed E-state index contributed by atoms with van der Waals surface area (Å²) in [7, 11) is 0. The third kappa shape index (κ3) is 4.77. The number of hydrogen-bond donors (Lipinski definition) is 2. The molecule has 214 valence electrons. The zero-order chi connectivity index (χ0) is 28.6. The smallest absolute Gasteiger partial charge is 0.409 e. The van der Waals surface area contributed by atoms with Crippen molar-refractivity contribution in [1.82, 2.24) is 25.0 Å². The molecule has 9 nitrogen and oxygen atoms in total. The molecule has 0 bridgehead atoms. The molecule has 2 aliphatic rings. The lowest BCUT2D eigenvalue weighted by Crippen LogP contribution is -2.35. The van der Waals surface area contributed by atoms with E-state index in [1.54, 1.807) is 4.90 Å². The van der Waals surface area contributed by atoms with Crippen molar-refractivity contribution >= 4 is 33.8 Å². The molecule has 3 aromatic carbocycles. The van der Waals surface area contributed by atoms with Crippen LogP contribution in [0.4, 0.5) is 9.18 Å². The number of amides is 2. The SMILES string of the molecule is O=C(NCCN1CCOC1=O)c1ccc(-c2c(C3CCOCC3)n(-c3ccc(F)cc3)c3cc4cn[nH]c4cc23)cc1. The Morgan fingerprint density at radius 2 is 1.83 bits per heavy atom. The summed E-state index contributed by atoms with van der Waals surface area (Å²) in [6.07, 6.45) is 3.20. The number of cyclic esters (lactones) is 1. The topological polar surface area (TPSA) is 101 Å². The van der Waals surface area contributed by atoms with Crippen molar-refractivity contribution in [3.63, 3.8) is 0 Å². The highest BCUT2D eigenvalue weighted by atomic mass is 19.1. The van der Waals surface area contributed by atoms with E-state index in [0.29, 0.717) is 45.0 Å². The Morgan fingerprint density at radius 3 is 2.57 bits per heavy atom. The van der Waals surface area contributed by atoms with Crippen LogP contribution in [0.1, 0.15) is 34.8 Å². The normalized spacial score (nSPS) is 15.9. The van der Waals surface area contributed by atoms with Crippen molar-refractivity contribution < 1.29 is 23.5 Å². The van der Waals surface area contributed by atoms with Gasteiger partial charge in [0, 0.05) is 65.5 Å². The van der Waals surface area contributed by atoms with E-state index in [9.17, 15) is 14.0 Å². The molecule has 2 aromatic heterocycles. The number of carbonyl (C=O) groups is 2. The van der Waals surface area contributed by atoms with E-state index in [4.69, 9.17) is 9.47 Å². The highest BCUT2D eigenvalue weighted by molar-refractivity contribution is 6.06. The van der Waals surface area contributed by atoms with Gasteiger partial charge in [0.25, 0.3) is 5.91 Å². The minimum Gasteiger partial charge on any atom is -0.448 e. The highest BCUT2D eigenvalue weighted by Crippen LogP contribution is 2.44. The summed E-state index contributed by atoms with van der Waals surface area (Å²) in [5.41, 5.74) is 6.57. The van der Waals surface area contributed by atoms with Gasteiger partial charge in [0.2, 0.25) is 0 Å². The molecule has 0 aliphatic carbocycles. The Hall–Kier alpha value is -4.70. The van der Waals surface area contributed by atoms with Gasteiger partial charge in [-0.2, -0.15) is 5.10 Å².